The Hall–Kier alpha value is 4.06. The van der Waals surface area contributed by atoms with Gasteiger partial charge in [-0.05, 0) is 0 Å². The van der Waals surface area contributed by atoms with Crippen LogP contribution >= 0.6 is 11.9 Å². The van der Waals surface area contributed by atoms with Crippen molar-refractivity contribution in [1.29, 1.82) is 0 Å². The molecule has 0 aliphatic heterocycles. The summed E-state index contributed by atoms with van der Waals surface area (Å²) in [7, 11) is 0. The van der Waals surface area contributed by atoms with Gasteiger partial charge in [0.1, 0.15) is 0 Å². The summed E-state index contributed by atoms with van der Waals surface area (Å²) in [5, 5.41) is 24.3. The molecule has 0 heterocycles. The predicted octanol–water partition coefficient (Wildman–Crippen LogP) is -17.3. The third kappa shape index (κ3) is 197. The molecule has 108 valence electrons. The van der Waals surface area contributed by atoms with E-state index in [0.29, 0.717) is 0 Å². The van der Waals surface area contributed by atoms with E-state index in [-0.39, 0.29) is 153 Å². The van der Waals surface area contributed by atoms with Crippen LogP contribution < -0.4 is 153 Å². The molecule has 21 heteroatoms. The van der Waals surface area contributed by atoms with Crippen molar-refractivity contribution in [3.05, 3.63) is 10.1 Å². The van der Waals surface area contributed by atoms with Crippen molar-refractivity contribution in [3.63, 3.8) is 0 Å². The maximum Gasteiger partial charge on any atom is 1.00 e. The zero-order chi connectivity index (χ0) is 14.1. The van der Waals surface area contributed by atoms with E-state index in [1.165, 1.54) is 0 Å². The fraction of sp³-hybridized carbons (Fsp3) is 0. The van der Waals surface area contributed by atoms with Crippen LogP contribution in [0.4, 0.5) is 4.79 Å². The summed E-state index contributed by atoms with van der Waals surface area (Å²) in [6.45, 7) is 0. The zero-order valence-electron chi connectivity index (χ0n) is 12.2. The third-order valence-corrected chi connectivity index (χ3v) is 1.00. The molecule has 0 saturated heterocycles. The first-order valence-electron chi connectivity index (χ1n) is 2.17. The van der Waals surface area contributed by atoms with Gasteiger partial charge >= 0.3 is 148 Å². The van der Waals surface area contributed by atoms with Gasteiger partial charge in [-0.1, -0.05) is 0 Å². The summed E-state index contributed by atoms with van der Waals surface area (Å²) < 4.78 is 46.3. The van der Waals surface area contributed by atoms with Gasteiger partial charge in [0, 0.05) is 0 Å². The minimum absolute atomic E-state index is 0. The molecule has 0 aromatic rings. The number of carbonyl (C=O) groups is 1. The molecule has 0 fully saturated rings. The normalized spacial score (nSPS) is 7.82. The number of hydrogen-bond donors (Lipinski definition) is 2. The Morgan fingerprint density at radius 3 is 1.09 bits per heavy atom. The monoisotopic (exact) mass is 435 g/mol. The van der Waals surface area contributed by atoms with Crippen LogP contribution in [0, 0.1) is 10.1 Å². The molecule has 0 atom stereocenters. The molecule has 0 rings (SSSR count). The minimum atomic E-state index is -2.96. The smallest absolute Gasteiger partial charge is 0.870 e. The van der Waals surface area contributed by atoms with Crippen molar-refractivity contribution in [2.75, 3.05) is 0 Å². The Morgan fingerprint density at radius 2 is 1.09 bits per heavy atom. The van der Waals surface area contributed by atoms with Gasteiger partial charge in [-0.25, -0.2) is 12.0 Å². The molecule has 0 unspecified atom stereocenters. The third-order valence-electron chi connectivity index (χ3n) is 0.111. The van der Waals surface area contributed by atoms with Gasteiger partial charge in [0.25, 0.3) is 0 Å². The van der Waals surface area contributed by atoms with E-state index in [4.69, 9.17) is 29.8 Å². The van der Waals surface area contributed by atoms with Crippen molar-refractivity contribution >= 4 is 40.7 Å². The zero-order valence-corrected chi connectivity index (χ0v) is 24.5. The summed E-state index contributed by atoms with van der Waals surface area (Å²) in [6, 6.07) is 0. The summed E-state index contributed by atoms with van der Waals surface area (Å²) in [5.74, 6) is 0. The van der Waals surface area contributed by atoms with E-state index in [1.807, 2.05) is 0 Å². The first-order valence-corrected chi connectivity index (χ1v) is 4.50. The Kier molecular flexibility index (Phi) is 184. The van der Waals surface area contributed by atoms with Crippen LogP contribution in [0.15, 0.2) is 5.34 Å². The van der Waals surface area contributed by atoms with E-state index >= 15 is 0 Å². The summed E-state index contributed by atoms with van der Waals surface area (Å²) in [5.41, 5.74) is 0. The molecule has 0 amide bonds. The van der Waals surface area contributed by atoms with E-state index < -0.39 is 28.9 Å². The average molecular weight is 436 g/mol. The fourth-order valence-corrected chi connectivity index (χ4v) is 0.408. The molecule has 3 N–H and O–H groups in total. The van der Waals surface area contributed by atoms with Gasteiger partial charge in [0.15, 0.2) is 0 Å². The van der Waals surface area contributed by atoms with Gasteiger partial charge in [-0.3, -0.25) is 4.66 Å². The van der Waals surface area contributed by atoms with Crippen LogP contribution in [0.25, 0.3) is 0 Å². The van der Waals surface area contributed by atoms with Gasteiger partial charge in [-0.2, -0.15) is 0 Å². The fourth-order valence-electron chi connectivity index (χ4n) is 0.0454. The van der Waals surface area contributed by atoms with E-state index in [1.54, 1.807) is 0 Å². The molecular weight excluding hydrogens is 433 g/mol. The number of nitrogens with zero attached hydrogens (tertiary/aromatic N) is 1. The Balaban J connectivity index is -0.0000000108. The molecule has 22 heavy (non-hydrogen) atoms. The standard InChI is InChI=1S/CH2O3.ClHO.HNO2.5Na.H2O5S2.H2O/c2-1(3)4;1-2;2-1-3;;;;;;1-6(2)5-7(3)4;/h(H2,2,3,4);2H;(H,2,3);;;;;;(H,1,2)(H,3,4);1H2/q;;;5*+1;;/p-5. The van der Waals surface area contributed by atoms with Crippen LogP contribution in [0.3, 0.4) is 0 Å². The van der Waals surface area contributed by atoms with Crippen molar-refractivity contribution in [2.45, 2.75) is 0 Å². The Labute approximate surface area is 245 Å². The van der Waals surface area contributed by atoms with E-state index in [9.17, 15) is 17.5 Å². The SMILES string of the molecule is O=C([O-])O.O=N[O-].O=S([O-])OS(=O)[O-].OCl.[Na+].[Na+].[Na+].[Na+].[Na+].[OH-]. The van der Waals surface area contributed by atoms with Gasteiger partial charge in [0.2, 0.25) is 6.16 Å². The second-order valence-electron chi connectivity index (χ2n) is 0.817. The van der Waals surface area contributed by atoms with Gasteiger partial charge < -0.3 is 39.7 Å². The van der Waals surface area contributed by atoms with Gasteiger partial charge in [-0.15, -0.1) is 5.34 Å². The summed E-state index contributed by atoms with van der Waals surface area (Å²) in [4.78, 5) is 16.4. The van der Waals surface area contributed by atoms with Crippen LogP contribution in [0.5, 0.6) is 0 Å². The largest absolute Gasteiger partial charge is 1.00 e. The summed E-state index contributed by atoms with van der Waals surface area (Å²) >= 11 is -2.28. The second kappa shape index (κ2) is 64.0. The molecule has 13 nitrogen and oxygen atoms in total. The molecule has 0 aromatic carbocycles. The molecule has 0 saturated carbocycles. The van der Waals surface area contributed by atoms with Gasteiger partial charge in [0.05, 0.1) is 34.6 Å². The molecular formula is CH3ClNNa5O12S2. The van der Waals surface area contributed by atoms with E-state index in [2.05, 4.69) is 15.5 Å². The van der Waals surface area contributed by atoms with Crippen LogP contribution in [-0.4, -0.2) is 38.9 Å². The van der Waals surface area contributed by atoms with Crippen molar-refractivity contribution < 1.29 is 194 Å². The predicted molar refractivity (Wildman–Crippen MR) is 46.1 cm³/mol. The topological polar surface area (TPSA) is 253 Å². The number of carboxylic acid groups (broad SMARTS) is 2. The van der Waals surface area contributed by atoms with Crippen molar-refractivity contribution in [2.24, 2.45) is 5.34 Å². The van der Waals surface area contributed by atoms with Crippen molar-refractivity contribution in [3.8, 4) is 0 Å². The number of hydrogen-bond acceptors (Lipinski definition) is 12. The molecule has 0 spiro atoms. The maximum atomic E-state index is 9.19. The van der Waals surface area contributed by atoms with Crippen LogP contribution in [0.1, 0.15) is 0 Å². The molecule has 0 aliphatic carbocycles. The van der Waals surface area contributed by atoms with Crippen molar-refractivity contribution in [1.82, 2.24) is 0 Å². The number of halogens is 1. The van der Waals surface area contributed by atoms with Crippen LogP contribution in [0.2, 0.25) is 0 Å². The molecule has 0 aliphatic rings. The number of rotatable bonds is 2. The Bertz CT molecular complexity index is 208. The molecule has 0 aromatic heterocycles. The first-order chi connectivity index (χ1) is 7.27. The van der Waals surface area contributed by atoms with E-state index in [0.717, 1.165) is 5.34 Å². The first kappa shape index (κ1) is 63.5. The molecule has 0 radical (unpaired) electrons. The Morgan fingerprint density at radius 1 is 1.00 bits per heavy atom. The quantitative estimate of drug-likeness (QED) is 0.177. The summed E-state index contributed by atoms with van der Waals surface area (Å²) in [6.07, 6.45) is -2.08. The second-order valence-corrected chi connectivity index (χ2v) is 2.18. The minimum Gasteiger partial charge on any atom is -0.870 e. The molecule has 0 bridgehead atoms. The maximum absolute atomic E-state index is 9.19. The van der Waals surface area contributed by atoms with Crippen LogP contribution in [-0.2, 0) is 26.4 Å². The average Bonchev–Trinajstić information content (AvgIpc) is 2.05.